The number of thiazole rings is 1. The van der Waals surface area contributed by atoms with Crippen molar-refractivity contribution in [2.24, 2.45) is 4.99 Å². The Hall–Kier alpha value is -2.86. The standard InChI is InChI=1S/C16H13N5S/c1-3-11(18-4-2)14-15(22-16(17)21-14)10-7-9-19-12-6-5-8-20-13(10)12/h3-9H,1-2H2,(H2,17,21). The molecule has 0 aromatic carbocycles. The van der Waals surface area contributed by atoms with Crippen LogP contribution in [0.25, 0.3) is 21.5 Å². The Morgan fingerprint density at radius 3 is 2.86 bits per heavy atom. The van der Waals surface area contributed by atoms with Crippen LogP contribution in [0, 0.1) is 0 Å². The number of anilines is 1. The number of hydrogen-bond donors (Lipinski definition) is 1. The molecule has 0 atom stereocenters. The summed E-state index contributed by atoms with van der Waals surface area (Å²) in [7, 11) is 0. The monoisotopic (exact) mass is 307 g/mol. The second kappa shape index (κ2) is 5.87. The lowest BCUT2D eigenvalue weighted by Crippen LogP contribution is -1.99. The molecule has 0 amide bonds. The summed E-state index contributed by atoms with van der Waals surface area (Å²) in [6.45, 7) is 7.40. The average Bonchev–Trinajstić information content (AvgIpc) is 2.93. The number of rotatable bonds is 4. The first kappa shape index (κ1) is 14.1. The highest BCUT2D eigenvalue weighted by atomic mass is 32.1. The third kappa shape index (κ3) is 2.40. The molecule has 6 heteroatoms. The van der Waals surface area contributed by atoms with E-state index in [0.29, 0.717) is 16.5 Å². The van der Waals surface area contributed by atoms with Gasteiger partial charge in [-0.3, -0.25) is 15.0 Å². The highest BCUT2D eigenvalue weighted by molar-refractivity contribution is 7.19. The Morgan fingerprint density at radius 1 is 1.23 bits per heavy atom. The van der Waals surface area contributed by atoms with Gasteiger partial charge in [0, 0.05) is 24.2 Å². The summed E-state index contributed by atoms with van der Waals surface area (Å²) in [6, 6.07) is 5.68. The zero-order valence-corrected chi connectivity index (χ0v) is 12.5. The normalized spacial score (nSPS) is 11.5. The van der Waals surface area contributed by atoms with Gasteiger partial charge in [-0.2, -0.15) is 0 Å². The van der Waals surface area contributed by atoms with Crippen LogP contribution >= 0.6 is 11.3 Å². The van der Waals surface area contributed by atoms with Crippen molar-refractivity contribution < 1.29 is 0 Å². The number of pyridine rings is 2. The number of aliphatic imine (C=N–C) groups is 1. The minimum absolute atomic E-state index is 0.463. The Balaban J connectivity index is 2.30. The molecule has 3 aromatic rings. The van der Waals surface area contributed by atoms with Crippen LogP contribution in [0.15, 0.2) is 61.0 Å². The van der Waals surface area contributed by atoms with E-state index in [9.17, 15) is 0 Å². The minimum atomic E-state index is 0.463. The van der Waals surface area contributed by atoms with Gasteiger partial charge in [-0.15, -0.1) is 0 Å². The van der Waals surface area contributed by atoms with Crippen molar-refractivity contribution in [1.82, 2.24) is 15.0 Å². The van der Waals surface area contributed by atoms with Gasteiger partial charge in [0.2, 0.25) is 0 Å². The Labute approximate surface area is 131 Å². The molecule has 3 rings (SSSR count). The van der Waals surface area contributed by atoms with Crippen molar-refractivity contribution in [3.05, 3.63) is 61.7 Å². The summed E-state index contributed by atoms with van der Waals surface area (Å²) >= 11 is 1.39. The van der Waals surface area contributed by atoms with Crippen LogP contribution in [0.2, 0.25) is 0 Å². The van der Waals surface area contributed by atoms with Gasteiger partial charge in [-0.05, 0) is 24.3 Å². The molecule has 0 aliphatic carbocycles. The fourth-order valence-corrected chi connectivity index (χ4v) is 3.03. The molecular formula is C16H13N5S. The first-order valence-electron chi connectivity index (χ1n) is 6.52. The maximum Gasteiger partial charge on any atom is 0.181 e. The van der Waals surface area contributed by atoms with Crippen LogP contribution in [-0.4, -0.2) is 20.7 Å². The number of nitrogens with zero attached hydrogens (tertiary/aromatic N) is 4. The Morgan fingerprint density at radius 2 is 2.09 bits per heavy atom. The van der Waals surface area contributed by atoms with E-state index in [2.05, 4.69) is 33.1 Å². The van der Waals surface area contributed by atoms with Crippen molar-refractivity contribution in [3.63, 3.8) is 0 Å². The number of fused-ring (bicyclic) bond motifs is 1. The largest absolute Gasteiger partial charge is 0.375 e. The van der Waals surface area contributed by atoms with Crippen molar-refractivity contribution in [3.8, 4) is 10.4 Å². The van der Waals surface area contributed by atoms with Crippen LogP contribution in [-0.2, 0) is 0 Å². The summed E-state index contributed by atoms with van der Waals surface area (Å²) in [5, 5.41) is 0.463. The highest BCUT2D eigenvalue weighted by Crippen LogP contribution is 2.35. The van der Waals surface area contributed by atoms with Gasteiger partial charge in [0.25, 0.3) is 0 Å². The molecule has 108 valence electrons. The Kier molecular flexibility index (Phi) is 3.76. The van der Waals surface area contributed by atoms with Gasteiger partial charge < -0.3 is 5.73 Å². The zero-order chi connectivity index (χ0) is 15.5. The van der Waals surface area contributed by atoms with Crippen LogP contribution < -0.4 is 5.73 Å². The van der Waals surface area contributed by atoms with Crippen molar-refractivity contribution >= 4 is 33.2 Å². The van der Waals surface area contributed by atoms with Crippen molar-refractivity contribution in [2.45, 2.75) is 0 Å². The van der Waals surface area contributed by atoms with Gasteiger partial charge in [0.05, 0.1) is 21.6 Å². The number of allylic oxidation sites excluding steroid dienone is 1. The Bertz CT molecular complexity index is 889. The molecule has 0 unspecified atom stereocenters. The van der Waals surface area contributed by atoms with Gasteiger partial charge >= 0.3 is 0 Å². The molecule has 5 nitrogen and oxygen atoms in total. The molecule has 0 aliphatic heterocycles. The third-order valence-electron chi connectivity index (χ3n) is 3.05. The molecule has 0 bridgehead atoms. The maximum atomic E-state index is 5.91. The summed E-state index contributed by atoms with van der Waals surface area (Å²) in [5.41, 5.74) is 9.75. The lowest BCUT2D eigenvalue weighted by molar-refractivity contribution is 1.33. The van der Waals surface area contributed by atoms with Crippen molar-refractivity contribution in [2.75, 3.05) is 5.73 Å². The quantitative estimate of drug-likeness (QED) is 0.749. The molecular weight excluding hydrogens is 294 g/mol. The van der Waals surface area contributed by atoms with Crippen LogP contribution in [0.4, 0.5) is 5.13 Å². The van der Waals surface area contributed by atoms with Gasteiger partial charge in [-0.25, -0.2) is 4.98 Å². The highest BCUT2D eigenvalue weighted by Gasteiger charge is 2.17. The zero-order valence-electron chi connectivity index (χ0n) is 11.7. The minimum Gasteiger partial charge on any atom is -0.375 e. The lowest BCUT2D eigenvalue weighted by Gasteiger charge is -2.05. The van der Waals surface area contributed by atoms with Crippen LogP contribution in [0.5, 0.6) is 0 Å². The van der Waals surface area contributed by atoms with E-state index < -0.39 is 0 Å². The van der Waals surface area contributed by atoms with E-state index in [1.165, 1.54) is 17.5 Å². The molecule has 0 saturated heterocycles. The SMILES string of the molecule is C=CN=C(C=C)c1nc(N)sc1-c1ccnc2cccnc12. The average molecular weight is 307 g/mol. The van der Waals surface area contributed by atoms with E-state index in [1.54, 1.807) is 18.5 Å². The van der Waals surface area contributed by atoms with Crippen LogP contribution in [0.1, 0.15) is 5.69 Å². The number of hydrogen-bond acceptors (Lipinski definition) is 6. The predicted molar refractivity (Wildman–Crippen MR) is 92.0 cm³/mol. The topological polar surface area (TPSA) is 77.0 Å². The van der Waals surface area contributed by atoms with Gasteiger partial charge in [0.1, 0.15) is 5.69 Å². The summed E-state index contributed by atoms with van der Waals surface area (Å²) in [4.78, 5) is 18.2. The molecule has 22 heavy (non-hydrogen) atoms. The molecule has 3 heterocycles. The van der Waals surface area contributed by atoms with E-state index in [4.69, 9.17) is 5.73 Å². The lowest BCUT2D eigenvalue weighted by atomic mass is 10.1. The van der Waals surface area contributed by atoms with Crippen LogP contribution in [0.3, 0.4) is 0 Å². The smallest absolute Gasteiger partial charge is 0.181 e. The molecule has 0 aliphatic rings. The second-order valence-corrected chi connectivity index (χ2v) is 5.39. The predicted octanol–water partition coefficient (Wildman–Crippen LogP) is 3.45. The van der Waals surface area contributed by atoms with E-state index in [-0.39, 0.29) is 0 Å². The molecule has 0 radical (unpaired) electrons. The number of nitrogens with two attached hydrogens (primary N) is 1. The van der Waals surface area contributed by atoms with E-state index in [0.717, 1.165) is 21.5 Å². The maximum absolute atomic E-state index is 5.91. The third-order valence-corrected chi connectivity index (χ3v) is 3.97. The van der Waals surface area contributed by atoms with Gasteiger partial charge in [0.15, 0.2) is 5.13 Å². The second-order valence-electron chi connectivity index (χ2n) is 4.36. The summed E-state index contributed by atoms with van der Waals surface area (Å²) < 4.78 is 0. The summed E-state index contributed by atoms with van der Waals surface area (Å²) in [6.07, 6.45) is 6.58. The first-order chi connectivity index (χ1) is 10.7. The number of nitrogen functional groups attached to an aromatic ring is 1. The van der Waals surface area contributed by atoms with Gasteiger partial charge in [-0.1, -0.05) is 24.5 Å². The fraction of sp³-hybridized carbons (Fsp3) is 0. The van der Waals surface area contributed by atoms with Crippen molar-refractivity contribution in [1.29, 1.82) is 0 Å². The fourth-order valence-electron chi connectivity index (χ4n) is 2.16. The van der Waals surface area contributed by atoms with E-state index in [1.807, 2.05) is 18.2 Å². The molecule has 3 aromatic heterocycles. The molecule has 0 spiro atoms. The van der Waals surface area contributed by atoms with E-state index >= 15 is 0 Å². The summed E-state index contributed by atoms with van der Waals surface area (Å²) in [5.74, 6) is 0. The first-order valence-corrected chi connectivity index (χ1v) is 7.34. The molecule has 0 saturated carbocycles. The molecule has 0 fully saturated rings. The molecule has 2 N–H and O–H groups in total. The number of aromatic nitrogens is 3.